The lowest BCUT2D eigenvalue weighted by Gasteiger charge is -2.39. The Morgan fingerprint density at radius 1 is 1.14 bits per heavy atom. The fourth-order valence-corrected chi connectivity index (χ4v) is 5.37. The Balaban J connectivity index is 0.00000241. The lowest BCUT2D eigenvalue weighted by Crippen LogP contribution is -2.49. The van der Waals surface area contributed by atoms with Crippen LogP contribution in [0.15, 0.2) is 42.6 Å². The van der Waals surface area contributed by atoms with Crippen LogP contribution in [0.25, 0.3) is 0 Å². The molecule has 2 aliphatic rings. The molecule has 10 heteroatoms. The Morgan fingerprint density at radius 2 is 1.86 bits per heavy atom. The van der Waals surface area contributed by atoms with Crippen LogP contribution in [0.4, 0.5) is 23.7 Å². The zero-order chi connectivity index (χ0) is 25.0. The van der Waals surface area contributed by atoms with E-state index in [-0.39, 0.29) is 36.9 Å². The van der Waals surface area contributed by atoms with Gasteiger partial charge in [0.25, 0.3) is 0 Å². The van der Waals surface area contributed by atoms with E-state index >= 15 is 0 Å². The lowest BCUT2D eigenvalue weighted by atomic mass is 9.95. The number of amides is 2. The summed E-state index contributed by atoms with van der Waals surface area (Å²) in [5.74, 6) is 0.471. The highest BCUT2D eigenvalue weighted by molar-refractivity contribution is 5.93. The molecule has 0 aliphatic carbocycles. The molecule has 1 fully saturated rings. The van der Waals surface area contributed by atoms with Crippen molar-refractivity contribution in [2.45, 2.75) is 58.2 Å². The van der Waals surface area contributed by atoms with Gasteiger partial charge in [-0.15, -0.1) is 24.8 Å². The Kier molecular flexibility index (Phi) is 11.5. The van der Waals surface area contributed by atoms with Crippen molar-refractivity contribution >= 4 is 36.5 Å². The molecule has 3 heterocycles. The molecule has 1 saturated heterocycles. The van der Waals surface area contributed by atoms with Crippen molar-refractivity contribution in [1.29, 1.82) is 0 Å². The van der Waals surface area contributed by atoms with Gasteiger partial charge in [-0.2, -0.15) is 13.2 Å². The molecule has 5 nitrogen and oxygen atoms in total. The number of carbonyl (C=O) groups excluding carboxylic acids is 1. The molecule has 0 saturated carbocycles. The van der Waals surface area contributed by atoms with E-state index in [1.54, 1.807) is 12.3 Å². The van der Waals surface area contributed by atoms with Crippen LogP contribution in [-0.4, -0.2) is 59.6 Å². The molecular formula is C27H37Cl2F3N4O. The molecule has 37 heavy (non-hydrogen) atoms. The minimum absolute atomic E-state index is 0. The maximum absolute atomic E-state index is 13.2. The summed E-state index contributed by atoms with van der Waals surface area (Å²) in [6.45, 7) is 8.12. The Bertz CT molecular complexity index is 1020. The number of likely N-dealkylation sites (N-methyl/N-ethyl adjacent to an activating group) is 1. The fourth-order valence-electron chi connectivity index (χ4n) is 5.37. The number of nitrogens with zero attached hydrogens (tertiary/aromatic N) is 4. The minimum atomic E-state index is -4.32. The van der Waals surface area contributed by atoms with Crippen molar-refractivity contribution in [3.05, 3.63) is 59.4 Å². The molecular weight excluding hydrogens is 524 g/mol. The van der Waals surface area contributed by atoms with E-state index in [9.17, 15) is 18.0 Å². The maximum atomic E-state index is 13.2. The zero-order valence-corrected chi connectivity index (χ0v) is 23.0. The Labute approximate surface area is 230 Å². The molecule has 1 aromatic heterocycles. The van der Waals surface area contributed by atoms with Crippen molar-refractivity contribution in [2.24, 2.45) is 5.92 Å². The molecule has 0 spiro atoms. The monoisotopic (exact) mass is 560 g/mol. The first kappa shape index (κ1) is 31.2. The van der Waals surface area contributed by atoms with Crippen LogP contribution in [0.1, 0.15) is 49.9 Å². The van der Waals surface area contributed by atoms with Crippen molar-refractivity contribution in [3.8, 4) is 0 Å². The number of alkyl halides is 3. The number of likely N-dealkylation sites (tertiary alicyclic amines) is 1. The van der Waals surface area contributed by atoms with Gasteiger partial charge in [0.05, 0.1) is 16.9 Å². The summed E-state index contributed by atoms with van der Waals surface area (Å²) in [4.78, 5) is 23.9. The number of rotatable bonds is 6. The van der Waals surface area contributed by atoms with Crippen LogP contribution in [0.2, 0.25) is 0 Å². The number of anilines is 1. The third-order valence-electron chi connectivity index (χ3n) is 7.38. The zero-order valence-electron chi connectivity index (χ0n) is 21.4. The summed E-state index contributed by atoms with van der Waals surface area (Å²) < 4.78 is 39.2. The van der Waals surface area contributed by atoms with Gasteiger partial charge in [0.15, 0.2) is 0 Å². The number of aromatic nitrogens is 1. The van der Waals surface area contributed by atoms with Crippen molar-refractivity contribution in [1.82, 2.24) is 14.8 Å². The van der Waals surface area contributed by atoms with Gasteiger partial charge < -0.3 is 9.80 Å². The first-order chi connectivity index (χ1) is 16.8. The van der Waals surface area contributed by atoms with Crippen LogP contribution in [0, 0.1) is 5.92 Å². The predicted octanol–water partition coefficient (Wildman–Crippen LogP) is 6.48. The average molecular weight is 562 g/mol. The second-order valence-corrected chi connectivity index (χ2v) is 9.78. The van der Waals surface area contributed by atoms with E-state index in [0.717, 1.165) is 75.9 Å². The third-order valence-corrected chi connectivity index (χ3v) is 7.38. The van der Waals surface area contributed by atoms with Crippen LogP contribution >= 0.6 is 24.8 Å². The normalized spacial score (nSPS) is 17.0. The van der Waals surface area contributed by atoms with E-state index in [4.69, 9.17) is 0 Å². The molecule has 0 N–H and O–H groups in total. The first-order valence-corrected chi connectivity index (χ1v) is 12.7. The number of halogens is 5. The van der Waals surface area contributed by atoms with Gasteiger partial charge >= 0.3 is 12.2 Å². The van der Waals surface area contributed by atoms with Crippen molar-refractivity contribution in [2.75, 3.05) is 37.6 Å². The molecule has 1 unspecified atom stereocenters. The standard InChI is InChI=1S/C27H35F3N4O.2ClH/c1-3-32(20(2)17-22-7-4-8-23(18-22)27(28,29)30)19-21-11-15-33(16-12-21)26(35)34-14-6-9-24-25(34)10-5-13-31-24;;/h4-5,7-8,10,13,18,20-21H,3,6,9,11-12,14-17,19H2,1-2H3;2*1H. The fraction of sp³-hybridized carbons (Fsp3) is 0.556. The maximum Gasteiger partial charge on any atom is 0.416 e. The van der Waals surface area contributed by atoms with E-state index in [2.05, 4.69) is 23.7 Å². The Hall–Kier alpha value is -2.03. The number of piperidine rings is 1. The molecule has 206 valence electrons. The van der Waals surface area contributed by atoms with Gasteiger partial charge in [0, 0.05) is 38.4 Å². The number of fused-ring (bicyclic) bond motifs is 1. The lowest BCUT2D eigenvalue weighted by molar-refractivity contribution is -0.137. The van der Waals surface area contributed by atoms with E-state index < -0.39 is 11.7 Å². The van der Waals surface area contributed by atoms with E-state index in [0.29, 0.717) is 17.9 Å². The second kappa shape index (κ2) is 13.7. The molecule has 2 aromatic rings. The number of carbonyl (C=O) groups is 1. The van der Waals surface area contributed by atoms with E-state index in [1.165, 1.54) is 12.1 Å². The third kappa shape index (κ3) is 7.74. The summed E-state index contributed by atoms with van der Waals surface area (Å²) >= 11 is 0. The summed E-state index contributed by atoms with van der Waals surface area (Å²) in [6.07, 6.45) is 1.76. The first-order valence-electron chi connectivity index (χ1n) is 12.7. The number of benzene rings is 1. The number of aryl methyl sites for hydroxylation is 1. The van der Waals surface area contributed by atoms with Crippen LogP contribution in [0.3, 0.4) is 0 Å². The minimum Gasteiger partial charge on any atom is -0.324 e. The van der Waals surface area contributed by atoms with Gasteiger partial charge in [-0.1, -0.05) is 25.1 Å². The highest BCUT2D eigenvalue weighted by Crippen LogP contribution is 2.30. The van der Waals surface area contributed by atoms with Crippen LogP contribution in [-0.2, 0) is 19.0 Å². The molecule has 4 rings (SSSR count). The number of pyridine rings is 1. The quantitative estimate of drug-likeness (QED) is 0.405. The largest absolute Gasteiger partial charge is 0.416 e. The van der Waals surface area contributed by atoms with Crippen LogP contribution in [0.5, 0.6) is 0 Å². The van der Waals surface area contributed by atoms with Gasteiger partial charge in [-0.05, 0) is 75.3 Å². The summed E-state index contributed by atoms with van der Waals surface area (Å²) in [5.41, 5.74) is 2.05. The number of hydrogen-bond donors (Lipinski definition) is 0. The molecule has 1 aromatic carbocycles. The van der Waals surface area contributed by atoms with E-state index in [1.807, 2.05) is 21.9 Å². The summed E-state index contributed by atoms with van der Waals surface area (Å²) in [7, 11) is 0. The van der Waals surface area contributed by atoms with Crippen LogP contribution < -0.4 is 4.90 Å². The average Bonchev–Trinajstić information content (AvgIpc) is 2.86. The highest BCUT2D eigenvalue weighted by Gasteiger charge is 2.32. The summed E-state index contributed by atoms with van der Waals surface area (Å²) in [6, 6.07) is 9.74. The highest BCUT2D eigenvalue weighted by atomic mass is 35.5. The van der Waals surface area contributed by atoms with Gasteiger partial charge in [-0.3, -0.25) is 9.88 Å². The molecule has 2 amide bonds. The van der Waals surface area contributed by atoms with Gasteiger partial charge in [0.1, 0.15) is 0 Å². The predicted molar refractivity (Wildman–Crippen MR) is 146 cm³/mol. The molecule has 2 aliphatic heterocycles. The van der Waals surface area contributed by atoms with Crippen molar-refractivity contribution < 1.29 is 18.0 Å². The topological polar surface area (TPSA) is 39.7 Å². The Morgan fingerprint density at radius 3 is 2.54 bits per heavy atom. The smallest absolute Gasteiger partial charge is 0.324 e. The molecule has 0 bridgehead atoms. The molecule has 0 radical (unpaired) electrons. The van der Waals surface area contributed by atoms with Gasteiger partial charge in [-0.25, -0.2) is 4.79 Å². The van der Waals surface area contributed by atoms with Crippen molar-refractivity contribution in [3.63, 3.8) is 0 Å². The second-order valence-electron chi connectivity index (χ2n) is 9.78. The summed E-state index contributed by atoms with van der Waals surface area (Å²) in [5, 5.41) is 0. The van der Waals surface area contributed by atoms with Gasteiger partial charge in [0.2, 0.25) is 0 Å². The SMILES string of the molecule is CCN(CC1CCN(C(=O)N2CCCc3ncccc32)CC1)C(C)Cc1cccc(C(F)(F)F)c1.Cl.Cl. The number of urea groups is 1. The number of hydrogen-bond acceptors (Lipinski definition) is 3. The molecule has 1 atom stereocenters.